The van der Waals surface area contributed by atoms with Crippen LogP contribution in [0.15, 0.2) is 41.4 Å². The summed E-state index contributed by atoms with van der Waals surface area (Å²) in [5.41, 5.74) is 1.30. The third kappa shape index (κ3) is 4.84. The lowest BCUT2D eigenvalue weighted by atomic mass is 10.2. The average molecular weight is 367 g/mol. The lowest BCUT2D eigenvalue weighted by Crippen LogP contribution is -2.24. The van der Waals surface area contributed by atoms with Crippen LogP contribution in [0, 0.1) is 0 Å². The van der Waals surface area contributed by atoms with Crippen molar-refractivity contribution >= 4 is 11.7 Å². The lowest BCUT2D eigenvalue weighted by Gasteiger charge is -2.17. The van der Waals surface area contributed by atoms with Gasteiger partial charge in [0, 0.05) is 31.6 Å². The molecule has 0 fully saturated rings. The topological polar surface area (TPSA) is 110 Å². The van der Waals surface area contributed by atoms with Crippen LogP contribution in [0.4, 0.5) is 5.82 Å². The maximum Gasteiger partial charge on any atom is 0.253 e. The first-order chi connectivity index (χ1) is 13.0. The van der Waals surface area contributed by atoms with Gasteiger partial charge in [0.05, 0.1) is 30.5 Å². The third-order valence-corrected chi connectivity index (χ3v) is 3.80. The van der Waals surface area contributed by atoms with Crippen molar-refractivity contribution in [1.82, 2.24) is 30.4 Å². The molecule has 0 aliphatic carbocycles. The highest BCUT2D eigenvalue weighted by molar-refractivity contribution is 5.93. The maximum atomic E-state index is 12.3. The Labute approximate surface area is 156 Å². The summed E-state index contributed by atoms with van der Waals surface area (Å²) in [5, 5.41) is 6.61. The number of hydrogen-bond donors (Lipinski definition) is 1. The quantitative estimate of drug-likeness (QED) is 0.675. The molecule has 0 radical (unpaired) electrons. The standard InChI is InChI=1S/C18H21N7O2/c1-12(2)18-23-15(24-27-18)10-22-17(26)13-4-5-16(21-8-13)25(3)11-14-9-19-6-7-20-14/h4-9,12H,10-11H2,1-3H3,(H,22,26). The van der Waals surface area contributed by atoms with E-state index < -0.39 is 0 Å². The Morgan fingerprint density at radius 2 is 2.07 bits per heavy atom. The van der Waals surface area contributed by atoms with Gasteiger partial charge in [0.25, 0.3) is 5.91 Å². The number of nitrogens with zero attached hydrogens (tertiary/aromatic N) is 6. The van der Waals surface area contributed by atoms with Crippen molar-refractivity contribution in [1.29, 1.82) is 0 Å². The molecule has 140 valence electrons. The average Bonchev–Trinajstić information content (AvgIpc) is 3.16. The molecule has 0 spiro atoms. The molecule has 0 aromatic carbocycles. The largest absolute Gasteiger partial charge is 0.354 e. The highest BCUT2D eigenvalue weighted by Crippen LogP contribution is 2.13. The predicted molar refractivity (Wildman–Crippen MR) is 97.9 cm³/mol. The van der Waals surface area contributed by atoms with Crippen molar-refractivity contribution in [2.45, 2.75) is 32.9 Å². The van der Waals surface area contributed by atoms with Crippen molar-refractivity contribution in [2.24, 2.45) is 0 Å². The Balaban J connectivity index is 1.56. The minimum Gasteiger partial charge on any atom is -0.354 e. The van der Waals surface area contributed by atoms with Crippen LogP contribution in [0.25, 0.3) is 0 Å². The smallest absolute Gasteiger partial charge is 0.253 e. The summed E-state index contributed by atoms with van der Waals surface area (Å²) in [4.78, 5) is 31.0. The van der Waals surface area contributed by atoms with E-state index in [9.17, 15) is 4.79 Å². The van der Waals surface area contributed by atoms with E-state index in [0.29, 0.717) is 23.8 Å². The summed E-state index contributed by atoms with van der Waals surface area (Å²) in [6.45, 7) is 4.70. The minimum atomic E-state index is -0.249. The zero-order valence-corrected chi connectivity index (χ0v) is 15.5. The van der Waals surface area contributed by atoms with E-state index in [1.165, 1.54) is 6.20 Å². The van der Waals surface area contributed by atoms with Gasteiger partial charge in [0.15, 0.2) is 5.82 Å². The molecule has 1 amide bonds. The fourth-order valence-corrected chi connectivity index (χ4v) is 2.32. The van der Waals surface area contributed by atoms with Gasteiger partial charge in [-0.15, -0.1) is 0 Å². The molecule has 9 heteroatoms. The number of hydrogen-bond acceptors (Lipinski definition) is 8. The molecule has 0 unspecified atom stereocenters. The molecule has 3 aromatic heterocycles. The maximum absolute atomic E-state index is 12.3. The molecular weight excluding hydrogens is 346 g/mol. The van der Waals surface area contributed by atoms with E-state index in [1.54, 1.807) is 30.7 Å². The summed E-state index contributed by atoms with van der Waals surface area (Å²) in [6, 6.07) is 3.51. The molecule has 0 aliphatic rings. The van der Waals surface area contributed by atoms with Crippen LogP contribution in [0.3, 0.4) is 0 Å². The Morgan fingerprint density at radius 3 is 2.70 bits per heavy atom. The predicted octanol–water partition coefficient (Wildman–Crippen LogP) is 1.94. The van der Waals surface area contributed by atoms with Crippen LogP contribution in [0.5, 0.6) is 0 Å². The SMILES string of the molecule is CC(C)c1nc(CNC(=O)c2ccc(N(C)Cc3cnccn3)nc2)no1. The first-order valence-corrected chi connectivity index (χ1v) is 8.55. The number of carbonyl (C=O) groups is 1. The van der Waals surface area contributed by atoms with Gasteiger partial charge in [-0.3, -0.25) is 14.8 Å². The molecule has 0 aliphatic heterocycles. The van der Waals surface area contributed by atoms with Crippen LogP contribution >= 0.6 is 0 Å². The Bertz CT molecular complexity index is 878. The second-order valence-electron chi connectivity index (χ2n) is 6.34. The van der Waals surface area contributed by atoms with E-state index in [1.807, 2.05) is 25.8 Å². The number of anilines is 1. The molecule has 0 bridgehead atoms. The molecule has 3 aromatic rings. The summed E-state index contributed by atoms with van der Waals surface area (Å²) >= 11 is 0. The van der Waals surface area contributed by atoms with Crippen LogP contribution in [-0.4, -0.2) is 38.0 Å². The van der Waals surface area contributed by atoms with Crippen molar-refractivity contribution in [3.63, 3.8) is 0 Å². The van der Waals surface area contributed by atoms with E-state index in [2.05, 4.69) is 30.4 Å². The highest BCUT2D eigenvalue weighted by atomic mass is 16.5. The Kier molecular flexibility index (Phi) is 5.70. The van der Waals surface area contributed by atoms with Gasteiger partial charge in [-0.1, -0.05) is 19.0 Å². The van der Waals surface area contributed by atoms with Crippen LogP contribution in [0.1, 0.15) is 47.5 Å². The first-order valence-electron chi connectivity index (χ1n) is 8.55. The fraction of sp³-hybridized carbons (Fsp3) is 0.333. The molecular formula is C18H21N7O2. The number of pyridine rings is 1. The van der Waals surface area contributed by atoms with Crippen LogP contribution in [-0.2, 0) is 13.1 Å². The monoisotopic (exact) mass is 367 g/mol. The van der Waals surface area contributed by atoms with Gasteiger partial charge in [-0.25, -0.2) is 4.98 Å². The highest BCUT2D eigenvalue weighted by Gasteiger charge is 2.12. The zero-order valence-electron chi connectivity index (χ0n) is 15.5. The second kappa shape index (κ2) is 8.35. The number of nitrogens with one attached hydrogen (secondary N) is 1. The van der Waals surface area contributed by atoms with Crippen LogP contribution < -0.4 is 10.2 Å². The van der Waals surface area contributed by atoms with Gasteiger partial charge >= 0.3 is 0 Å². The van der Waals surface area contributed by atoms with Gasteiger partial charge in [0.2, 0.25) is 5.89 Å². The molecule has 3 heterocycles. The lowest BCUT2D eigenvalue weighted by molar-refractivity contribution is 0.0949. The van der Waals surface area contributed by atoms with Crippen molar-refractivity contribution < 1.29 is 9.32 Å². The van der Waals surface area contributed by atoms with Crippen LogP contribution in [0.2, 0.25) is 0 Å². The number of amides is 1. The second-order valence-corrected chi connectivity index (χ2v) is 6.34. The van der Waals surface area contributed by atoms with Gasteiger partial charge in [-0.2, -0.15) is 4.98 Å². The molecule has 0 atom stereocenters. The first kappa shape index (κ1) is 18.4. The molecule has 0 saturated carbocycles. The van der Waals surface area contributed by atoms with E-state index in [0.717, 1.165) is 11.5 Å². The van der Waals surface area contributed by atoms with Crippen molar-refractivity contribution in [2.75, 3.05) is 11.9 Å². The van der Waals surface area contributed by atoms with Gasteiger partial charge < -0.3 is 14.7 Å². The fourth-order valence-electron chi connectivity index (χ4n) is 2.32. The zero-order chi connectivity index (χ0) is 19.2. The van der Waals surface area contributed by atoms with E-state index in [-0.39, 0.29) is 18.4 Å². The number of rotatable bonds is 7. The normalized spacial score (nSPS) is 10.8. The summed E-state index contributed by atoms with van der Waals surface area (Å²) < 4.78 is 5.12. The Hall–Kier alpha value is -3.36. The molecule has 1 N–H and O–H groups in total. The number of carbonyl (C=O) groups excluding carboxylic acids is 1. The molecule has 27 heavy (non-hydrogen) atoms. The molecule has 3 rings (SSSR count). The van der Waals surface area contributed by atoms with Crippen molar-refractivity contribution in [3.8, 4) is 0 Å². The van der Waals surface area contributed by atoms with Gasteiger partial charge in [-0.05, 0) is 12.1 Å². The van der Waals surface area contributed by atoms with Crippen molar-refractivity contribution in [3.05, 3.63) is 59.9 Å². The van der Waals surface area contributed by atoms with Gasteiger partial charge in [0.1, 0.15) is 5.82 Å². The molecule has 9 nitrogen and oxygen atoms in total. The summed E-state index contributed by atoms with van der Waals surface area (Å²) in [5.74, 6) is 1.63. The molecule has 0 saturated heterocycles. The van der Waals surface area contributed by atoms with E-state index in [4.69, 9.17) is 4.52 Å². The number of aromatic nitrogens is 5. The minimum absolute atomic E-state index is 0.151. The van der Waals surface area contributed by atoms with E-state index >= 15 is 0 Å². The summed E-state index contributed by atoms with van der Waals surface area (Å²) in [6.07, 6.45) is 6.53. The Morgan fingerprint density at radius 1 is 1.22 bits per heavy atom. The summed E-state index contributed by atoms with van der Waals surface area (Å²) in [7, 11) is 1.90. The third-order valence-electron chi connectivity index (χ3n) is 3.80.